The minimum atomic E-state index is 0.297. The minimum Gasteiger partial charge on any atom is -0.508 e. The van der Waals surface area contributed by atoms with Crippen molar-refractivity contribution in [1.29, 1.82) is 0 Å². The molecule has 0 saturated carbocycles. The Kier molecular flexibility index (Phi) is 5.05. The molecular weight excluding hydrogens is 262 g/mol. The molecule has 106 valence electrons. The highest BCUT2D eigenvalue weighted by atomic mass is 35.5. The molecule has 1 heterocycles. The Morgan fingerprint density at radius 3 is 2.95 bits per heavy atom. The van der Waals surface area contributed by atoms with E-state index in [4.69, 9.17) is 11.6 Å². The Morgan fingerprint density at radius 1 is 1.37 bits per heavy atom. The Hall–Kier alpha value is -0.810. The van der Waals surface area contributed by atoms with Crippen molar-refractivity contribution >= 4 is 11.6 Å². The van der Waals surface area contributed by atoms with Crippen molar-refractivity contribution < 1.29 is 5.11 Å². The van der Waals surface area contributed by atoms with E-state index in [0.29, 0.717) is 23.4 Å². The monoisotopic (exact) mass is 283 g/mol. The first-order valence-corrected chi connectivity index (χ1v) is 7.01. The van der Waals surface area contributed by atoms with E-state index in [0.717, 1.165) is 31.7 Å². The summed E-state index contributed by atoms with van der Waals surface area (Å²) in [5, 5.41) is 13.8. The molecule has 1 aliphatic heterocycles. The number of aromatic hydroxyl groups is 1. The van der Waals surface area contributed by atoms with Crippen molar-refractivity contribution in [2.45, 2.75) is 12.6 Å². The Balaban J connectivity index is 1.84. The zero-order chi connectivity index (χ0) is 13.8. The average molecular weight is 284 g/mol. The Morgan fingerprint density at radius 2 is 2.16 bits per heavy atom. The molecule has 0 aromatic heterocycles. The number of nitrogens with one attached hydrogen (secondary N) is 1. The first kappa shape index (κ1) is 14.6. The van der Waals surface area contributed by atoms with Crippen molar-refractivity contribution in [1.82, 2.24) is 15.1 Å². The molecule has 0 spiro atoms. The van der Waals surface area contributed by atoms with Gasteiger partial charge in [-0.3, -0.25) is 4.90 Å². The molecule has 0 amide bonds. The number of hydrogen-bond acceptors (Lipinski definition) is 4. The summed E-state index contributed by atoms with van der Waals surface area (Å²) >= 11 is 5.93. The van der Waals surface area contributed by atoms with Gasteiger partial charge in [0.1, 0.15) is 5.75 Å². The molecule has 1 aromatic rings. The van der Waals surface area contributed by atoms with Crippen LogP contribution in [0.3, 0.4) is 0 Å². The van der Waals surface area contributed by atoms with Crippen LogP contribution in [0.25, 0.3) is 0 Å². The van der Waals surface area contributed by atoms with Crippen molar-refractivity contribution in [3.63, 3.8) is 0 Å². The molecule has 1 saturated heterocycles. The van der Waals surface area contributed by atoms with Crippen molar-refractivity contribution in [3.8, 4) is 5.75 Å². The van der Waals surface area contributed by atoms with Crippen LogP contribution in [0.4, 0.5) is 0 Å². The number of likely N-dealkylation sites (N-methyl/N-ethyl adjacent to an activating group) is 2. The van der Waals surface area contributed by atoms with Gasteiger partial charge in [0, 0.05) is 49.4 Å². The lowest BCUT2D eigenvalue weighted by Crippen LogP contribution is -2.53. The Bertz CT molecular complexity index is 427. The third kappa shape index (κ3) is 4.08. The number of piperazine rings is 1. The molecule has 4 nitrogen and oxygen atoms in total. The van der Waals surface area contributed by atoms with Crippen LogP contribution < -0.4 is 5.32 Å². The van der Waals surface area contributed by atoms with Gasteiger partial charge in [0.05, 0.1) is 0 Å². The summed E-state index contributed by atoms with van der Waals surface area (Å²) in [6.07, 6.45) is 0. The highest BCUT2D eigenvalue weighted by molar-refractivity contribution is 6.30. The number of benzene rings is 1. The van der Waals surface area contributed by atoms with Gasteiger partial charge in [-0.1, -0.05) is 11.6 Å². The topological polar surface area (TPSA) is 38.7 Å². The predicted octanol–water partition coefficient (Wildman–Crippen LogP) is 1.38. The summed E-state index contributed by atoms with van der Waals surface area (Å²) < 4.78 is 0. The molecule has 2 N–H and O–H groups in total. The first-order chi connectivity index (χ1) is 9.06. The van der Waals surface area contributed by atoms with Gasteiger partial charge in [0.15, 0.2) is 0 Å². The molecule has 1 unspecified atom stereocenters. The van der Waals surface area contributed by atoms with Crippen LogP contribution in [-0.4, -0.2) is 61.2 Å². The number of nitrogens with zero attached hydrogens (tertiary/aromatic N) is 2. The fourth-order valence-corrected chi connectivity index (χ4v) is 2.59. The molecule has 1 fully saturated rings. The quantitative estimate of drug-likeness (QED) is 0.876. The molecule has 2 rings (SSSR count). The predicted molar refractivity (Wildman–Crippen MR) is 78.7 cm³/mol. The zero-order valence-corrected chi connectivity index (χ0v) is 12.3. The van der Waals surface area contributed by atoms with Gasteiger partial charge < -0.3 is 15.3 Å². The summed E-state index contributed by atoms with van der Waals surface area (Å²) in [6, 6.07) is 5.66. The van der Waals surface area contributed by atoms with Gasteiger partial charge in [0.25, 0.3) is 0 Å². The summed E-state index contributed by atoms with van der Waals surface area (Å²) in [5.41, 5.74) is 0.847. The maximum absolute atomic E-state index is 9.75. The highest BCUT2D eigenvalue weighted by Gasteiger charge is 2.21. The number of hydrogen-bond donors (Lipinski definition) is 2. The lowest BCUT2D eigenvalue weighted by Gasteiger charge is -2.37. The van der Waals surface area contributed by atoms with Crippen LogP contribution in [0.5, 0.6) is 5.75 Å². The second kappa shape index (κ2) is 6.57. The summed E-state index contributed by atoms with van der Waals surface area (Å²) in [5.74, 6) is 0.297. The second-order valence-corrected chi connectivity index (χ2v) is 5.74. The molecule has 0 aliphatic carbocycles. The summed E-state index contributed by atoms with van der Waals surface area (Å²) in [7, 11) is 4.32. The van der Waals surface area contributed by atoms with E-state index in [2.05, 4.69) is 29.2 Å². The smallest absolute Gasteiger partial charge is 0.120 e. The minimum absolute atomic E-state index is 0.297. The molecule has 0 bridgehead atoms. The van der Waals surface area contributed by atoms with Crippen molar-refractivity contribution in [3.05, 3.63) is 28.8 Å². The van der Waals surface area contributed by atoms with Crippen LogP contribution in [0.2, 0.25) is 5.02 Å². The van der Waals surface area contributed by atoms with E-state index in [-0.39, 0.29) is 0 Å². The first-order valence-electron chi connectivity index (χ1n) is 6.63. The average Bonchev–Trinajstić information content (AvgIpc) is 2.38. The molecule has 0 radical (unpaired) electrons. The van der Waals surface area contributed by atoms with Crippen LogP contribution in [-0.2, 0) is 6.54 Å². The van der Waals surface area contributed by atoms with Crippen LogP contribution in [0.1, 0.15) is 5.56 Å². The van der Waals surface area contributed by atoms with E-state index < -0.39 is 0 Å². The largest absolute Gasteiger partial charge is 0.508 e. The van der Waals surface area contributed by atoms with Gasteiger partial charge in [-0.05, 0) is 32.3 Å². The number of rotatable bonds is 4. The molecular formula is C14H22ClN3O. The van der Waals surface area contributed by atoms with Crippen molar-refractivity contribution in [2.24, 2.45) is 0 Å². The maximum atomic E-state index is 9.75. The van der Waals surface area contributed by atoms with E-state index in [1.54, 1.807) is 18.2 Å². The van der Waals surface area contributed by atoms with E-state index in [9.17, 15) is 5.11 Å². The van der Waals surface area contributed by atoms with E-state index in [1.165, 1.54) is 0 Å². The van der Waals surface area contributed by atoms with Gasteiger partial charge in [-0.15, -0.1) is 0 Å². The molecule has 5 heteroatoms. The molecule has 1 aromatic carbocycles. The SMILES string of the molecule is CN1CCN(C)C(CNCc2cc(Cl)ccc2O)C1. The molecule has 1 aliphatic rings. The number of phenolic OH excluding ortho intramolecular Hbond substituents is 1. The second-order valence-electron chi connectivity index (χ2n) is 5.30. The molecule has 1 atom stereocenters. The van der Waals surface area contributed by atoms with Crippen LogP contribution in [0, 0.1) is 0 Å². The lowest BCUT2D eigenvalue weighted by molar-refractivity contribution is 0.113. The highest BCUT2D eigenvalue weighted by Crippen LogP contribution is 2.21. The van der Waals surface area contributed by atoms with Gasteiger partial charge in [-0.2, -0.15) is 0 Å². The maximum Gasteiger partial charge on any atom is 0.120 e. The summed E-state index contributed by atoms with van der Waals surface area (Å²) in [6.45, 7) is 4.85. The zero-order valence-electron chi connectivity index (χ0n) is 11.6. The van der Waals surface area contributed by atoms with Crippen molar-refractivity contribution in [2.75, 3.05) is 40.3 Å². The summed E-state index contributed by atoms with van der Waals surface area (Å²) in [4.78, 5) is 4.73. The fraction of sp³-hybridized carbons (Fsp3) is 0.571. The van der Waals surface area contributed by atoms with Crippen LogP contribution >= 0.6 is 11.6 Å². The molecule has 19 heavy (non-hydrogen) atoms. The third-order valence-corrected chi connectivity index (χ3v) is 3.95. The van der Waals surface area contributed by atoms with Gasteiger partial charge in [-0.25, -0.2) is 0 Å². The number of halogens is 1. The lowest BCUT2D eigenvalue weighted by atomic mass is 10.1. The third-order valence-electron chi connectivity index (χ3n) is 3.72. The van der Waals surface area contributed by atoms with E-state index in [1.807, 2.05) is 0 Å². The Labute approximate surface area is 120 Å². The normalized spacial score (nSPS) is 21.7. The van der Waals surface area contributed by atoms with Crippen LogP contribution in [0.15, 0.2) is 18.2 Å². The standard InChI is InChI=1S/C14H22ClN3O/c1-17-5-6-18(2)13(10-17)9-16-8-11-7-12(15)3-4-14(11)19/h3-4,7,13,16,19H,5-6,8-10H2,1-2H3. The van der Waals surface area contributed by atoms with Gasteiger partial charge in [0.2, 0.25) is 0 Å². The fourth-order valence-electron chi connectivity index (χ4n) is 2.39. The van der Waals surface area contributed by atoms with Gasteiger partial charge >= 0.3 is 0 Å². The van der Waals surface area contributed by atoms with E-state index >= 15 is 0 Å². The number of phenols is 1.